The fourth-order valence-corrected chi connectivity index (χ4v) is 2.08. The Balaban J connectivity index is 2.03. The third-order valence-electron chi connectivity index (χ3n) is 3.23. The molecular formula is C17H16ClN3O4. The lowest BCUT2D eigenvalue weighted by molar-refractivity contribution is -0.136. The minimum absolute atomic E-state index is 0.121. The van der Waals surface area contributed by atoms with Gasteiger partial charge >= 0.3 is 11.8 Å². The molecule has 8 heteroatoms. The molecule has 0 atom stereocenters. The molecule has 0 fully saturated rings. The van der Waals surface area contributed by atoms with Crippen molar-refractivity contribution in [3.8, 4) is 11.5 Å². The van der Waals surface area contributed by atoms with Crippen molar-refractivity contribution < 1.29 is 19.4 Å². The summed E-state index contributed by atoms with van der Waals surface area (Å²) in [6.07, 6.45) is 0. The van der Waals surface area contributed by atoms with Gasteiger partial charge in [0.2, 0.25) is 0 Å². The van der Waals surface area contributed by atoms with Gasteiger partial charge in [-0.1, -0.05) is 11.6 Å². The van der Waals surface area contributed by atoms with Crippen LogP contribution >= 0.6 is 11.6 Å². The number of anilines is 1. The van der Waals surface area contributed by atoms with Crippen molar-refractivity contribution in [2.24, 2.45) is 5.10 Å². The van der Waals surface area contributed by atoms with Crippen LogP contribution in [0.15, 0.2) is 47.6 Å². The van der Waals surface area contributed by atoms with Crippen LogP contribution < -0.4 is 15.5 Å². The number of aromatic hydroxyl groups is 1. The molecule has 0 aliphatic heterocycles. The van der Waals surface area contributed by atoms with E-state index in [-0.39, 0.29) is 11.4 Å². The maximum Gasteiger partial charge on any atom is 0.329 e. The van der Waals surface area contributed by atoms with Crippen molar-refractivity contribution in [3.63, 3.8) is 0 Å². The number of carbonyl (C=O) groups is 2. The number of amides is 2. The van der Waals surface area contributed by atoms with E-state index in [2.05, 4.69) is 15.8 Å². The van der Waals surface area contributed by atoms with Gasteiger partial charge in [-0.3, -0.25) is 9.59 Å². The molecule has 0 bridgehead atoms. The van der Waals surface area contributed by atoms with Crippen molar-refractivity contribution in [2.45, 2.75) is 6.92 Å². The number of nitrogens with zero attached hydrogens (tertiary/aromatic N) is 1. The van der Waals surface area contributed by atoms with E-state index in [1.165, 1.54) is 25.3 Å². The van der Waals surface area contributed by atoms with E-state index < -0.39 is 11.8 Å². The van der Waals surface area contributed by atoms with Crippen molar-refractivity contribution in [3.05, 3.63) is 53.1 Å². The van der Waals surface area contributed by atoms with Crippen LogP contribution in [0.5, 0.6) is 11.5 Å². The summed E-state index contributed by atoms with van der Waals surface area (Å²) < 4.78 is 5.09. The predicted molar refractivity (Wildman–Crippen MR) is 95.1 cm³/mol. The molecule has 0 aliphatic carbocycles. The van der Waals surface area contributed by atoms with E-state index in [1.54, 1.807) is 31.2 Å². The number of rotatable bonds is 4. The Morgan fingerprint density at radius 1 is 1.12 bits per heavy atom. The van der Waals surface area contributed by atoms with Crippen LogP contribution in [0.3, 0.4) is 0 Å². The van der Waals surface area contributed by atoms with E-state index in [1.807, 2.05) is 0 Å². The highest BCUT2D eigenvalue weighted by Gasteiger charge is 2.16. The van der Waals surface area contributed by atoms with Crippen LogP contribution in [-0.2, 0) is 9.59 Å². The molecule has 0 saturated carbocycles. The van der Waals surface area contributed by atoms with Crippen LogP contribution in [0.25, 0.3) is 0 Å². The normalized spacial score (nSPS) is 10.9. The van der Waals surface area contributed by atoms with Gasteiger partial charge in [-0.15, -0.1) is 0 Å². The minimum atomic E-state index is -0.944. The van der Waals surface area contributed by atoms with E-state index in [0.29, 0.717) is 22.0 Å². The van der Waals surface area contributed by atoms with Gasteiger partial charge in [-0.25, -0.2) is 5.43 Å². The van der Waals surface area contributed by atoms with Crippen LogP contribution in [-0.4, -0.2) is 29.7 Å². The maximum atomic E-state index is 12.0. The van der Waals surface area contributed by atoms with E-state index in [4.69, 9.17) is 16.3 Å². The van der Waals surface area contributed by atoms with Gasteiger partial charge in [-0.2, -0.15) is 5.10 Å². The van der Waals surface area contributed by atoms with Gasteiger partial charge < -0.3 is 15.2 Å². The smallest absolute Gasteiger partial charge is 0.329 e. The fraction of sp³-hybridized carbons (Fsp3) is 0.118. The molecule has 25 heavy (non-hydrogen) atoms. The van der Waals surface area contributed by atoms with E-state index >= 15 is 0 Å². The number of hydrogen-bond donors (Lipinski definition) is 3. The van der Waals surface area contributed by atoms with Gasteiger partial charge in [0.05, 0.1) is 18.5 Å². The third kappa shape index (κ3) is 4.95. The Labute approximate surface area is 149 Å². The molecule has 0 aromatic heterocycles. The second-order valence-corrected chi connectivity index (χ2v) is 5.42. The lowest BCUT2D eigenvalue weighted by Gasteiger charge is -2.10. The molecule has 2 aromatic rings. The topological polar surface area (TPSA) is 100 Å². The number of benzene rings is 2. The van der Waals surface area contributed by atoms with Crippen molar-refractivity contribution >= 4 is 34.8 Å². The molecule has 0 saturated heterocycles. The average molecular weight is 362 g/mol. The standard InChI is InChI=1S/C17H16ClN3O4/c1-10(11-3-6-13(22)7-4-11)20-21-17(24)16(23)19-14-9-12(18)5-8-15(14)25-2/h3-9,22H,1-2H3,(H,19,23)(H,21,24)/b20-10+. The Kier molecular flexibility index (Phi) is 5.97. The molecule has 0 spiro atoms. The molecule has 2 rings (SSSR count). The summed E-state index contributed by atoms with van der Waals surface area (Å²) in [5.74, 6) is -1.37. The second kappa shape index (κ2) is 8.16. The van der Waals surface area contributed by atoms with Crippen LogP contribution in [0.1, 0.15) is 12.5 Å². The number of phenolic OH excluding ortho intramolecular Hbond substituents is 1. The van der Waals surface area contributed by atoms with Crippen molar-refractivity contribution in [2.75, 3.05) is 12.4 Å². The van der Waals surface area contributed by atoms with Crippen LogP contribution in [0.2, 0.25) is 5.02 Å². The largest absolute Gasteiger partial charge is 0.508 e. The quantitative estimate of drug-likeness (QED) is 0.442. The van der Waals surface area contributed by atoms with Crippen molar-refractivity contribution in [1.82, 2.24) is 5.43 Å². The highest BCUT2D eigenvalue weighted by atomic mass is 35.5. The Morgan fingerprint density at radius 2 is 1.80 bits per heavy atom. The maximum absolute atomic E-state index is 12.0. The number of methoxy groups -OCH3 is 1. The molecule has 0 heterocycles. The van der Waals surface area contributed by atoms with Gasteiger partial charge in [0.25, 0.3) is 0 Å². The van der Waals surface area contributed by atoms with E-state index in [0.717, 1.165) is 0 Å². The Bertz CT molecular complexity index is 819. The third-order valence-corrected chi connectivity index (χ3v) is 3.46. The second-order valence-electron chi connectivity index (χ2n) is 4.98. The number of ether oxygens (including phenoxy) is 1. The van der Waals surface area contributed by atoms with Gasteiger partial charge in [0.1, 0.15) is 11.5 Å². The lowest BCUT2D eigenvalue weighted by atomic mass is 10.1. The van der Waals surface area contributed by atoms with Gasteiger partial charge in [-0.05, 0) is 55.0 Å². The SMILES string of the molecule is COc1ccc(Cl)cc1NC(=O)C(=O)N/N=C(\C)c1ccc(O)cc1. The molecule has 3 N–H and O–H groups in total. The molecule has 130 valence electrons. The lowest BCUT2D eigenvalue weighted by Crippen LogP contribution is -2.33. The zero-order valence-electron chi connectivity index (χ0n) is 13.5. The Hall–Kier alpha value is -3.06. The number of hydrazone groups is 1. The summed E-state index contributed by atoms with van der Waals surface area (Å²) >= 11 is 5.87. The molecule has 2 amide bonds. The number of hydrogen-bond acceptors (Lipinski definition) is 5. The first-order valence-corrected chi connectivity index (χ1v) is 7.57. The molecular weight excluding hydrogens is 346 g/mol. The number of carbonyl (C=O) groups excluding carboxylic acids is 2. The van der Waals surface area contributed by atoms with Crippen LogP contribution in [0, 0.1) is 0 Å². The van der Waals surface area contributed by atoms with Crippen molar-refractivity contribution in [1.29, 1.82) is 0 Å². The fourth-order valence-electron chi connectivity index (χ4n) is 1.91. The first-order chi connectivity index (χ1) is 11.9. The monoisotopic (exact) mass is 361 g/mol. The summed E-state index contributed by atoms with van der Waals surface area (Å²) in [4.78, 5) is 23.8. The highest BCUT2D eigenvalue weighted by Crippen LogP contribution is 2.27. The summed E-state index contributed by atoms with van der Waals surface area (Å²) in [5.41, 5.74) is 3.60. The zero-order chi connectivity index (χ0) is 18.4. The summed E-state index contributed by atoms with van der Waals surface area (Å²) in [6.45, 7) is 1.66. The van der Waals surface area contributed by atoms with Crippen LogP contribution in [0.4, 0.5) is 5.69 Å². The zero-order valence-corrected chi connectivity index (χ0v) is 14.3. The molecule has 2 aromatic carbocycles. The highest BCUT2D eigenvalue weighted by molar-refractivity contribution is 6.40. The molecule has 0 radical (unpaired) electrons. The Morgan fingerprint density at radius 3 is 2.44 bits per heavy atom. The average Bonchev–Trinajstić information content (AvgIpc) is 2.60. The van der Waals surface area contributed by atoms with E-state index in [9.17, 15) is 14.7 Å². The predicted octanol–water partition coefficient (Wildman–Crippen LogP) is 2.53. The minimum Gasteiger partial charge on any atom is -0.508 e. The summed E-state index contributed by atoms with van der Waals surface area (Å²) in [5, 5.41) is 15.9. The number of nitrogens with one attached hydrogen (secondary N) is 2. The number of phenols is 1. The first kappa shape index (κ1) is 18.3. The molecule has 0 unspecified atom stereocenters. The molecule has 7 nitrogen and oxygen atoms in total. The first-order valence-electron chi connectivity index (χ1n) is 7.19. The van der Waals surface area contributed by atoms with Gasteiger partial charge in [0, 0.05) is 5.02 Å². The summed E-state index contributed by atoms with van der Waals surface area (Å²) in [6, 6.07) is 10.9. The molecule has 0 aliphatic rings. The number of halogens is 1. The van der Waals surface area contributed by atoms with Gasteiger partial charge in [0.15, 0.2) is 0 Å². The summed E-state index contributed by atoms with van der Waals surface area (Å²) in [7, 11) is 1.43.